The molecule has 0 fully saturated rings. The van der Waals surface area contributed by atoms with E-state index in [-0.39, 0.29) is 22.7 Å². The first-order valence-electron chi connectivity index (χ1n) is 4.96. The lowest BCUT2D eigenvalue weighted by atomic mass is 10.0. The highest BCUT2D eigenvalue weighted by Gasteiger charge is 2.17. The van der Waals surface area contributed by atoms with Gasteiger partial charge in [0.2, 0.25) is 0 Å². The standard InChI is InChI=1S/C11H9F2N3OS/c12-6-2-1-5(8(13)4-6)3-7-9(11(15)17)18-16-10(7)14/h1-2,4H,3H2,(H2,14,16)(H2,15,17). The number of hydrogen-bond acceptors (Lipinski definition) is 4. The SMILES string of the molecule is NC(=O)c1snc(N)c1Cc1ccc(F)cc1F. The van der Waals surface area contributed by atoms with Crippen LogP contribution in [-0.4, -0.2) is 10.3 Å². The molecule has 0 saturated carbocycles. The van der Waals surface area contributed by atoms with Crippen molar-refractivity contribution in [3.05, 3.63) is 45.8 Å². The van der Waals surface area contributed by atoms with Crippen LogP contribution in [-0.2, 0) is 6.42 Å². The van der Waals surface area contributed by atoms with Crippen LogP contribution < -0.4 is 11.5 Å². The van der Waals surface area contributed by atoms with Crippen molar-refractivity contribution >= 4 is 23.3 Å². The van der Waals surface area contributed by atoms with E-state index in [0.29, 0.717) is 5.56 Å². The van der Waals surface area contributed by atoms with Crippen LogP contribution in [0.5, 0.6) is 0 Å². The van der Waals surface area contributed by atoms with Gasteiger partial charge in [-0.25, -0.2) is 8.78 Å². The Kier molecular flexibility index (Phi) is 3.24. The minimum atomic E-state index is -0.698. The Hall–Kier alpha value is -2.02. The van der Waals surface area contributed by atoms with Crippen LogP contribution >= 0.6 is 11.5 Å². The maximum atomic E-state index is 13.5. The molecule has 4 N–H and O–H groups in total. The summed E-state index contributed by atoms with van der Waals surface area (Å²) >= 11 is 0.866. The molecule has 0 unspecified atom stereocenters. The topological polar surface area (TPSA) is 82.0 Å². The lowest BCUT2D eigenvalue weighted by molar-refractivity contribution is 0.100. The van der Waals surface area contributed by atoms with Gasteiger partial charge in [0.1, 0.15) is 22.3 Å². The summed E-state index contributed by atoms with van der Waals surface area (Å²) in [5, 5.41) is 0. The number of carbonyl (C=O) groups excluding carboxylic acids is 1. The molecular formula is C11H9F2N3OS. The third kappa shape index (κ3) is 2.30. The van der Waals surface area contributed by atoms with Gasteiger partial charge in [-0.1, -0.05) is 6.07 Å². The summed E-state index contributed by atoms with van der Waals surface area (Å²) in [5.41, 5.74) is 11.4. The minimum absolute atomic E-state index is 0.0483. The van der Waals surface area contributed by atoms with Crippen molar-refractivity contribution < 1.29 is 13.6 Å². The molecule has 1 aromatic heterocycles. The average molecular weight is 269 g/mol. The van der Waals surface area contributed by atoms with Crippen molar-refractivity contribution in [2.75, 3.05) is 5.73 Å². The van der Waals surface area contributed by atoms with Crippen molar-refractivity contribution in [3.8, 4) is 0 Å². The van der Waals surface area contributed by atoms with E-state index in [1.807, 2.05) is 0 Å². The first-order valence-corrected chi connectivity index (χ1v) is 5.74. The van der Waals surface area contributed by atoms with Gasteiger partial charge < -0.3 is 11.5 Å². The monoisotopic (exact) mass is 269 g/mol. The number of primary amides is 1. The normalized spacial score (nSPS) is 10.6. The molecule has 1 amide bonds. The second-order valence-corrected chi connectivity index (χ2v) is 4.43. The fourth-order valence-corrected chi connectivity index (χ4v) is 2.22. The lowest BCUT2D eigenvalue weighted by Gasteiger charge is -2.04. The van der Waals surface area contributed by atoms with Gasteiger partial charge in [-0.15, -0.1) is 0 Å². The molecule has 94 valence electrons. The van der Waals surface area contributed by atoms with Crippen LogP contribution in [0, 0.1) is 11.6 Å². The number of rotatable bonds is 3. The highest BCUT2D eigenvalue weighted by atomic mass is 32.1. The molecule has 0 atom stereocenters. The van der Waals surface area contributed by atoms with Gasteiger partial charge in [-0.05, 0) is 23.2 Å². The van der Waals surface area contributed by atoms with Crippen LogP contribution in [0.1, 0.15) is 20.8 Å². The number of benzene rings is 1. The molecule has 0 radical (unpaired) electrons. The molecule has 2 aromatic rings. The average Bonchev–Trinajstić information content (AvgIpc) is 2.64. The molecule has 4 nitrogen and oxygen atoms in total. The van der Waals surface area contributed by atoms with E-state index in [2.05, 4.69) is 4.37 Å². The van der Waals surface area contributed by atoms with Crippen molar-refractivity contribution in [2.24, 2.45) is 5.73 Å². The highest BCUT2D eigenvalue weighted by Crippen LogP contribution is 2.25. The van der Waals surface area contributed by atoms with E-state index in [4.69, 9.17) is 11.5 Å². The predicted octanol–water partition coefficient (Wildman–Crippen LogP) is 1.69. The molecule has 7 heteroatoms. The molecule has 0 spiro atoms. The highest BCUT2D eigenvalue weighted by molar-refractivity contribution is 7.08. The molecular weight excluding hydrogens is 260 g/mol. The van der Waals surface area contributed by atoms with Crippen molar-refractivity contribution in [1.29, 1.82) is 0 Å². The summed E-state index contributed by atoms with van der Waals surface area (Å²) in [6.07, 6.45) is 0.0483. The summed E-state index contributed by atoms with van der Waals surface area (Å²) < 4.78 is 30.1. The molecule has 0 saturated heterocycles. The third-order valence-corrected chi connectivity index (χ3v) is 3.34. The molecule has 2 rings (SSSR count). The Morgan fingerprint density at radius 2 is 2.11 bits per heavy atom. The first-order chi connectivity index (χ1) is 8.49. The van der Waals surface area contributed by atoms with E-state index in [1.165, 1.54) is 6.07 Å². The maximum absolute atomic E-state index is 13.5. The molecule has 0 aliphatic rings. The van der Waals surface area contributed by atoms with Crippen LogP contribution in [0.25, 0.3) is 0 Å². The van der Waals surface area contributed by atoms with Gasteiger partial charge in [0.05, 0.1) is 0 Å². The van der Waals surface area contributed by atoms with Gasteiger partial charge in [0.15, 0.2) is 0 Å². The van der Waals surface area contributed by atoms with Gasteiger partial charge in [0.25, 0.3) is 5.91 Å². The molecule has 0 aliphatic heterocycles. The van der Waals surface area contributed by atoms with Gasteiger partial charge >= 0.3 is 0 Å². The number of nitrogen functional groups attached to an aromatic ring is 1. The lowest BCUT2D eigenvalue weighted by Crippen LogP contribution is -2.12. The number of amides is 1. The zero-order valence-corrected chi connectivity index (χ0v) is 9.93. The Morgan fingerprint density at radius 1 is 1.39 bits per heavy atom. The predicted molar refractivity (Wildman–Crippen MR) is 64.2 cm³/mol. The number of anilines is 1. The molecule has 0 aliphatic carbocycles. The largest absolute Gasteiger partial charge is 0.383 e. The maximum Gasteiger partial charge on any atom is 0.260 e. The summed E-state index contributed by atoms with van der Waals surface area (Å²) in [6.45, 7) is 0. The quantitative estimate of drug-likeness (QED) is 0.889. The number of hydrogen-bond donors (Lipinski definition) is 2. The van der Waals surface area contributed by atoms with Crippen LogP contribution in [0.2, 0.25) is 0 Å². The van der Waals surface area contributed by atoms with Crippen LogP contribution in [0.3, 0.4) is 0 Å². The van der Waals surface area contributed by atoms with E-state index in [0.717, 1.165) is 23.7 Å². The smallest absolute Gasteiger partial charge is 0.260 e. The second kappa shape index (κ2) is 4.69. The fourth-order valence-electron chi connectivity index (χ4n) is 1.54. The first kappa shape index (κ1) is 12.4. The van der Waals surface area contributed by atoms with Crippen LogP contribution in [0.15, 0.2) is 18.2 Å². The third-order valence-electron chi connectivity index (χ3n) is 2.42. The Bertz CT molecular complexity index is 612. The molecule has 1 aromatic carbocycles. The Labute approximate surface area is 105 Å². The molecule has 0 bridgehead atoms. The Balaban J connectivity index is 2.39. The van der Waals surface area contributed by atoms with E-state index < -0.39 is 17.5 Å². The summed E-state index contributed by atoms with van der Waals surface area (Å²) in [6, 6.07) is 3.21. The van der Waals surface area contributed by atoms with Crippen molar-refractivity contribution in [2.45, 2.75) is 6.42 Å². The van der Waals surface area contributed by atoms with Crippen LogP contribution in [0.4, 0.5) is 14.6 Å². The number of aromatic nitrogens is 1. The van der Waals surface area contributed by atoms with E-state index in [9.17, 15) is 13.6 Å². The Morgan fingerprint density at radius 3 is 2.72 bits per heavy atom. The summed E-state index contributed by atoms with van der Waals surface area (Å²) in [7, 11) is 0. The van der Waals surface area contributed by atoms with E-state index in [1.54, 1.807) is 0 Å². The summed E-state index contributed by atoms with van der Waals surface area (Å²) in [5.74, 6) is -1.89. The van der Waals surface area contributed by atoms with Gasteiger partial charge in [-0.3, -0.25) is 4.79 Å². The van der Waals surface area contributed by atoms with Crippen molar-refractivity contribution in [3.63, 3.8) is 0 Å². The number of nitrogens with zero attached hydrogens (tertiary/aromatic N) is 1. The zero-order chi connectivity index (χ0) is 13.3. The minimum Gasteiger partial charge on any atom is -0.383 e. The number of nitrogens with two attached hydrogens (primary N) is 2. The number of carbonyl (C=O) groups is 1. The molecule has 1 heterocycles. The molecule has 18 heavy (non-hydrogen) atoms. The van der Waals surface area contributed by atoms with E-state index >= 15 is 0 Å². The zero-order valence-electron chi connectivity index (χ0n) is 9.11. The second-order valence-electron chi connectivity index (χ2n) is 3.65. The van der Waals surface area contributed by atoms with Gasteiger partial charge in [0, 0.05) is 18.1 Å². The van der Waals surface area contributed by atoms with Crippen molar-refractivity contribution in [1.82, 2.24) is 4.37 Å². The fraction of sp³-hybridized carbons (Fsp3) is 0.0909. The van der Waals surface area contributed by atoms with Gasteiger partial charge in [-0.2, -0.15) is 4.37 Å². The summed E-state index contributed by atoms with van der Waals surface area (Å²) in [4.78, 5) is 11.3. The number of halogens is 2.